The summed E-state index contributed by atoms with van der Waals surface area (Å²) in [5.74, 6) is 5.50. The summed E-state index contributed by atoms with van der Waals surface area (Å²) in [5, 5.41) is 0. The summed E-state index contributed by atoms with van der Waals surface area (Å²) in [6.45, 7) is 1.80. The first kappa shape index (κ1) is 15.9. The average molecular weight is 360 g/mol. The molecule has 0 fully saturated rings. The minimum absolute atomic E-state index is 0.0595. The first-order valence-electron chi connectivity index (χ1n) is 6.08. The van der Waals surface area contributed by atoms with Gasteiger partial charge in [-0.2, -0.15) is 13.2 Å². The number of aryl methyl sites for hydroxylation is 1. The summed E-state index contributed by atoms with van der Waals surface area (Å²) >= 11 is 3.07. The van der Waals surface area contributed by atoms with Crippen LogP contribution in [0.5, 0.6) is 0 Å². The van der Waals surface area contributed by atoms with Crippen LogP contribution in [-0.2, 0) is 6.18 Å². The monoisotopic (exact) mass is 359 g/mol. The number of hydrazine groups is 1. The number of nitrogens with two attached hydrogens (primary N) is 1. The molecule has 2 rings (SSSR count). The van der Waals surface area contributed by atoms with Crippen LogP contribution in [0, 0.1) is 6.92 Å². The molecule has 0 spiro atoms. The second kappa shape index (κ2) is 6.13. The number of hydrogen-bond donors (Lipinski definition) is 2. The largest absolute Gasteiger partial charge is 0.416 e. The molecule has 1 unspecified atom stereocenters. The molecule has 7 heteroatoms. The summed E-state index contributed by atoms with van der Waals surface area (Å²) in [6.07, 6.45) is -1.37. The summed E-state index contributed by atoms with van der Waals surface area (Å²) in [7, 11) is 0. The van der Waals surface area contributed by atoms with Gasteiger partial charge in [-0.25, -0.2) is 5.43 Å². The van der Waals surface area contributed by atoms with E-state index in [4.69, 9.17) is 5.84 Å². The van der Waals surface area contributed by atoms with Gasteiger partial charge in [-0.05, 0) is 41.8 Å². The zero-order chi connectivity index (χ0) is 15.6. The Bertz CT molecular complexity index is 644. The van der Waals surface area contributed by atoms with Crippen LogP contribution in [0.1, 0.15) is 28.3 Å². The second-order valence-corrected chi connectivity index (χ2v) is 5.48. The minimum atomic E-state index is -4.47. The molecule has 0 amide bonds. The number of nitrogens with zero attached hydrogens (tertiary/aromatic N) is 1. The van der Waals surface area contributed by atoms with E-state index < -0.39 is 17.8 Å². The fraction of sp³-hybridized carbons (Fsp3) is 0.214. The third-order valence-electron chi connectivity index (χ3n) is 3.19. The standard InChI is InChI=1S/C14H13BrF3N3/c1-8-4-5-20-7-11(8)13(21-19)10-3-2-9(15)6-12(10)14(16,17)18/h2-7,13,21H,19H2,1H3. The highest BCUT2D eigenvalue weighted by Crippen LogP contribution is 2.38. The predicted molar refractivity (Wildman–Crippen MR) is 77.3 cm³/mol. The normalized spacial score (nSPS) is 13.2. The molecule has 1 aromatic carbocycles. The van der Waals surface area contributed by atoms with E-state index in [1.54, 1.807) is 25.3 Å². The Balaban J connectivity index is 2.61. The van der Waals surface area contributed by atoms with Gasteiger partial charge < -0.3 is 0 Å². The van der Waals surface area contributed by atoms with Gasteiger partial charge in [0.15, 0.2) is 0 Å². The molecule has 0 saturated heterocycles. The highest BCUT2D eigenvalue weighted by atomic mass is 79.9. The van der Waals surface area contributed by atoms with Crippen LogP contribution >= 0.6 is 15.9 Å². The van der Waals surface area contributed by atoms with Crippen LogP contribution < -0.4 is 11.3 Å². The van der Waals surface area contributed by atoms with Crippen molar-refractivity contribution in [3.63, 3.8) is 0 Å². The molecule has 112 valence electrons. The molecule has 1 aromatic heterocycles. The van der Waals surface area contributed by atoms with Crippen molar-refractivity contribution in [2.24, 2.45) is 5.84 Å². The van der Waals surface area contributed by atoms with Crippen LogP contribution in [0.15, 0.2) is 41.1 Å². The number of alkyl halides is 3. The summed E-state index contributed by atoms with van der Waals surface area (Å²) in [5.41, 5.74) is 3.19. The van der Waals surface area contributed by atoms with Crippen molar-refractivity contribution < 1.29 is 13.2 Å². The molecule has 1 heterocycles. The van der Waals surface area contributed by atoms with Gasteiger partial charge in [0.2, 0.25) is 0 Å². The van der Waals surface area contributed by atoms with Gasteiger partial charge in [-0.15, -0.1) is 0 Å². The van der Waals surface area contributed by atoms with Crippen molar-refractivity contribution >= 4 is 15.9 Å². The van der Waals surface area contributed by atoms with E-state index in [0.29, 0.717) is 10.0 Å². The van der Waals surface area contributed by atoms with Gasteiger partial charge in [0.05, 0.1) is 11.6 Å². The lowest BCUT2D eigenvalue weighted by atomic mass is 9.93. The molecule has 0 radical (unpaired) electrons. The van der Waals surface area contributed by atoms with E-state index >= 15 is 0 Å². The van der Waals surface area contributed by atoms with E-state index in [1.807, 2.05) is 0 Å². The first-order chi connectivity index (χ1) is 9.84. The number of hydrogen-bond acceptors (Lipinski definition) is 3. The molecular formula is C14H13BrF3N3. The van der Waals surface area contributed by atoms with Crippen LogP contribution in [0.3, 0.4) is 0 Å². The van der Waals surface area contributed by atoms with E-state index in [2.05, 4.69) is 26.3 Å². The van der Waals surface area contributed by atoms with Gasteiger partial charge in [-0.3, -0.25) is 10.8 Å². The molecule has 0 aliphatic carbocycles. The Labute approximate surface area is 128 Å². The highest BCUT2D eigenvalue weighted by Gasteiger charge is 2.36. The zero-order valence-corrected chi connectivity index (χ0v) is 12.7. The smallest absolute Gasteiger partial charge is 0.271 e. The molecule has 0 aliphatic heterocycles. The Morgan fingerprint density at radius 2 is 1.95 bits per heavy atom. The fourth-order valence-electron chi connectivity index (χ4n) is 2.15. The van der Waals surface area contributed by atoms with Gasteiger partial charge in [0.25, 0.3) is 0 Å². The minimum Gasteiger partial charge on any atom is -0.271 e. The Kier molecular flexibility index (Phi) is 4.65. The molecule has 21 heavy (non-hydrogen) atoms. The van der Waals surface area contributed by atoms with Gasteiger partial charge in [-0.1, -0.05) is 22.0 Å². The number of rotatable bonds is 3. The molecule has 0 saturated carbocycles. The quantitative estimate of drug-likeness (QED) is 0.648. The van der Waals surface area contributed by atoms with Crippen molar-refractivity contribution in [1.29, 1.82) is 0 Å². The molecular weight excluding hydrogens is 347 g/mol. The topological polar surface area (TPSA) is 50.9 Å². The molecule has 3 N–H and O–H groups in total. The van der Waals surface area contributed by atoms with Gasteiger partial charge in [0.1, 0.15) is 0 Å². The number of pyridine rings is 1. The molecule has 3 nitrogen and oxygen atoms in total. The van der Waals surface area contributed by atoms with Gasteiger partial charge in [0, 0.05) is 16.9 Å². The maximum absolute atomic E-state index is 13.2. The van der Waals surface area contributed by atoms with E-state index in [0.717, 1.165) is 11.6 Å². The van der Waals surface area contributed by atoms with Crippen molar-refractivity contribution in [2.75, 3.05) is 0 Å². The molecule has 1 atom stereocenters. The Hall–Kier alpha value is -1.44. The van der Waals surface area contributed by atoms with Crippen molar-refractivity contribution in [3.05, 3.63) is 63.4 Å². The summed E-state index contributed by atoms with van der Waals surface area (Å²) in [4.78, 5) is 3.96. The van der Waals surface area contributed by atoms with Crippen molar-refractivity contribution in [2.45, 2.75) is 19.1 Å². The predicted octanol–water partition coefficient (Wildman–Crippen LogP) is 3.72. The average Bonchev–Trinajstić information content (AvgIpc) is 2.42. The van der Waals surface area contributed by atoms with Crippen LogP contribution in [-0.4, -0.2) is 4.98 Å². The fourth-order valence-corrected chi connectivity index (χ4v) is 2.51. The van der Waals surface area contributed by atoms with Crippen LogP contribution in [0.2, 0.25) is 0 Å². The maximum Gasteiger partial charge on any atom is 0.416 e. The van der Waals surface area contributed by atoms with Crippen molar-refractivity contribution in [1.82, 2.24) is 10.4 Å². The number of nitrogens with one attached hydrogen (secondary N) is 1. The first-order valence-corrected chi connectivity index (χ1v) is 6.87. The van der Waals surface area contributed by atoms with Crippen LogP contribution in [0.25, 0.3) is 0 Å². The lowest BCUT2D eigenvalue weighted by Gasteiger charge is -2.22. The molecule has 0 bridgehead atoms. The number of halogens is 4. The van der Waals surface area contributed by atoms with Crippen molar-refractivity contribution in [3.8, 4) is 0 Å². The van der Waals surface area contributed by atoms with Crippen LogP contribution in [0.4, 0.5) is 13.2 Å². The zero-order valence-electron chi connectivity index (χ0n) is 11.1. The Morgan fingerprint density at radius 1 is 1.24 bits per heavy atom. The highest BCUT2D eigenvalue weighted by molar-refractivity contribution is 9.10. The lowest BCUT2D eigenvalue weighted by Crippen LogP contribution is -2.31. The number of aromatic nitrogens is 1. The summed E-state index contributed by atoms with van der Waals surface area (Å²) < 4.78 is 40.1. The third-order valence-corrected chi connectivity index (χ3v) is 3.68. The second-order valence-electron chi connectivity index (χ2n) is 4.56. The lowest BCUT2D eigenvalue weighted by molar-refractivity contribution is -0.138. The van der Waals surface area contributed by atoms with E-state index in [-0.39, 0.29) is 5.56 Å². The molecule has 0 aliphatic rings. The van der Waals surface area contributed by atoms with Gasteiger partial charge >= 0.3 is 6.18 Å². The maximum atomic E-state index is 13.2. The Morgan fingerprint density at radius 3 is 2.52 bits per heavy atom. The summed E-state index contributed by atoms with van der Waals surface area (Å²) in [6, 6.07) is 4.95. The van der Waals surface area contributed by atoms with E-state index in [1.165, 1.54) is 12.3 Å². The molecule has 2 aromatic rings. The SMILES string of the molecule is Cc1ccncc1C(NN)c1ccc(Br)cc1C(F)(F)F. The number of benzene rings is 1. The van der Waals surface area contributed by atoms with E-state index in [9.17, 15) is 13.2 Å². The third kappa shape index (κ3) is 3.42.